The molecule has 0 saturated heterocycles. The van der Waals surface area contributed by atoms with Gasteiger partial charge in [0.05, 0.1) is 6.61 Å². The van der Waals surface area contributed by atoms with Gasteiger partial charge in [0.25, 0.3) is 0 Å². The summed E-state index contributed by atoms with van der Waals surface area (Å²) in [5, 5.41) is 0. The number of phosphoric ester groups is 1. The lowest BCUT2D eigenvalue weighted by Crippen LogP contribution is -2.12. The normalized spacial score (nSPS) is 11.6. The third-order valence-corrected chi connectivity index (χ3v) is 6.24. The summed E-state index contributed by atoms with van der Waals surface area (Å²) in [5.74, 6) is 0. The Kier molecular flexibility index (Phi) is 29.2. The number of unbranched alkanes of at least 4 members (excludes halogenated alkanes) is 18. The molecule has 0 unspecified atom stereocenters. The summed E-state index contributed by atoms with van der Waals surface area (Å²) in [6.45, 7) is 5.93. The molecule has 0 aliphatic carbocycles. The van der Waals surface area contributed by atoms with E-state index in [9.17, 15) is 4.57 Å². The van der Waals surface area contributed by atoms with Gasteiger partial charge < -0.3 is 14.7 Å². The summed E-state index contributed by atoms with van der Waals surface area (Å²) in [6, 6.07) is 0. The Balaban J connectivity index is 0. The Morgan fingerprint density at radius 1 is 0.562 bits per heavy atom. The minimum atomic E-state index is -4.24. The molecule has 6 heteroatoms. The van der Waals surface area contributed by atoms with Gasteiger partial charge in [0.15, 0.2) is 0 Å². The second-order valence-corrected chi connectivity index (χ2v) is 10.7. The van der Waals surface area contributed by atoms with Crippen molar-refractivity contribution in [1.82, 2.24) is 4.90 Å². The highest BCUT2D eigenvalue weighted by Gasteiger charge is 2.12. The summed E-state index contributed by atoms with van der Waals surface area (Å²) >= 11 is 0. The maximum atomic E-state index is 10.4. The van der Waals surface area contributed by atoms with Gasteiger partial charge >= 0.3 is 7.82 Å². The van der Waals surface area contributed by atoms with Gasteiger partial charge in [-0.25, -0.2) is 4.57 Å². The second kappa shape index (κ2) is 27.3. The zero-order valence-corrected chi connectivity index (χ0v) is 23.1. The first-order chi connectivity index (χ1) is 15.3. The van der Waals surface area contributed by atoms with Crippen molar-refractivity contribution in [3.8, 4) is 0 Å². The van der Waals surface area contributed by atoms with Crippen LogP contribution in [0, 0.1) is 0 Å². The molecule has 2 N–H and O–H groups in total. The van der Waals surface area contributed by atoms with Crippen LogP contribution in [0.2, 0.25) is 0 Å². The van der Waals surface area contributed by atoms with Crippen LogP contribution in [0.1, 0.15) is 142 Å². The molecule has 0 saturated carbocycles. The minimum Gasteiger partial charge on any atom is -0.309 e. The molecule has 0 aliphatic heterocycles. The van der Waals surface area contributed by atoms with E-state index in [2.05, 4.69) is 37.4 Å². The highest BCUT2D eigenvalue weighted by molar-refractivity contribution is 7.46. The smallest absolute Gasteiger partial charge is 0.309 e. The van der Waals surface area contributed by atoms with Crippen LogP contribution in [0.15, 0.2) is 0 Å². The molecule has 0 aromatic rings. The summed E-state index contributed by atoms with van der Waals surface area (Å²) in [6.07, 6.45) is 26.4. The molecule has 0 spiro atoms. The fraction of sp³-hybridized carbons (Fsp3) is 1.00. The van der Waals surface area contributed by atoms with Crippen LogP contribution in [-0.4, -0.2) is 41.9 Å². The van der Waals surface area contributed by atoms with Crippen LogP contribution in [-0.2, 0) is 9.09 Å². The van der Waals surface area contributed by atoms with Crippen LogP contribution in [0.4, 0.5) is 0 Å². The van der Waals surface area contributed by atoms with E-state index in [1.807, 2.05) is 0 Å². The van der Waals surface area contributed by atoms with E-state index in [0.717, 1.165) is 19.3 Å². The summed E-state index contributed by atoms with van der Waals surface area (Å²) in [5.41, 5.74) is 0. The first-order valence-corrected chi connectivity index (χ1v) is 15.2. The summed E-state index contributed by atoms with van der Waals surface area (Å²) in [4.78, 5) is 19.2. The number of hydrogen-bond acceptors (Lipinski definition) is 3. The van der Waals surface area contributed by atoms with Gasteiger partial charge in [-0.15, -0.1) is 0 Å². The highest BCUT2D eigenvalue weighted by Crippen LogP contribution is 2.35. The summed E-state index contributed by atoms with van der Waals surface area (Å²) in [7, 11) is 0.0781. The molecular weight excluding hydrogens is 421 g/mol. The van der Waals surface area contributed by atoms with E-state index in [0.29, 0.717) is 0 Å². The van der Waals surface area contributed by atoms with Gasteiger partial charge in [0.2, 0.25) is 0 Å². The Labute approximate surface area is 201 Å². The van der Waals surface area contributed by atoms with Crippen LogP contribution in [0.3, 0.4) is 0 Å². The molecule has 0 fully saturated rings. The van der Waals surface area contributed by atoms with Gasteiger partial charge in [-0.1, -0.05) is 129 Å². The minimum absolute atomic E-state index is 0.167. The molecule has 0 rings (SSSR count). The monoisotopic (exact) mass is 479 g/mol. The number of phosphoric acid groups is 1. The average molecular weight is 480 g/mol. The molecule has 0 aliphatic rings. The van der Waals surface area contributed by atoms with E-state index in [1.54, 1.807) is 0 Å². The summed E-state index contributed by atoms with van der Waals surface area (Å²) < 4.78 is 14.7. The zero-order valence-electron chi connectivity index (χ0n) is 22.2. The predicted octanol–water partition coefficient (Wildman–Crippen LogP) is 8.49. The Morgan fingerprint density at radius 3 is 1.19 bits per heavy atom. The van der Waals surface area contributed by atoms with Gasteiger partial charge in [-0.3, -0.25) is 4.52 Å². The average Bonchev–Trinajstić information content (AvgIpc) is 2.73. The fourth-order valence-electron chi connectivity index (χ4n) is 3.69. The van der Waals surface area contributed by atoms with Crippen molar-refractivity contribution < 1.29 is 18.9 Å². The van der Waals surface area contributed by atoms with E-state index in [-0.39, 0.29) is 6.61 Å². The SMILES string of the molecule is CCCCCCCCCCCCN(C)C.CCCCCCCCCCCCOP(=O)(O)O. The van der Waals surface area contributed by atoms with Gasteiger partial charge in [-0.05, 0) is 33.5 Å². The molecule has 0 aromatic heterocycles. The molecule has 0 bridgehead atoms. The van der Waals surface area contributed by atoms with Crippen molar-refractivity contribution in [3.63, 3.8) is 0 Å². The maximum absolute atomic E-state index is 10.4. The quantitative estimate of drug-likeness (QED) is 0.114. The van der Waals surface area contributed by atoms with Crippen LogP contribution in [0.25, 0.3) is 0 Å². The molecule has 0 atom stereocenters. The zero-order chi connectivity index (χ0) is 24.3. The van der Waals surface area contributed by atoms with Gasteiger partial charge in [-0.2, -0.15) is 0 Å². The number of rotatable bonds is 23. The number of nitrogens with zero attached hydrogens (tertiary/aromatic N) is 1. The third-order valence-electron chi connectivity index (χ3n) is 5.72. The molecule has 32 heavy (non-hydrogen) atoms. The standard InChI is InChI=1S/C14H31N.C12H27O4P/c1-4-5-6-7-8-9-10-11-12-13-14-15(2)3;1-2-3-4-5-6-7-8-9-10-11-12-16-17(13,14)15/h4-14H2,1-3H3;2-12H2,1H3,(H2,13,14,15). The molecule has 196 valence electrons. The fourth-order valence-corrected chi connectivity index (χ4v) is 4.06. The van der Waals surface area contributed by atoms with Crippen LogP contribution in [0.5, 0.6) is 0 Å². The van der Waals surface area contributed by atoms with E-state index >= 15 is 0 Å². The largest absolute Gasteiger partial charge is 0.469 e. The maximum Gasteiger partial charge on any atom is 0.469 e. The van der Waals surface area contributed by atoms with Crippen LogP contribution >= 0.6 is 7.82 Å². The number of hydrogen-bond donors (Lipinski definition) is 2. The third kappa shape index (κ3) is 37.4. The van der Waals surface area contributed by atoms with E-state index in [4.69, 9.17) is 9.79 Å². The van der Waals surface area contributed by atoms with Crippen molar-refractivity contribution in [2.45, 2.75) is 142 Å². The lowest BCUT2D eigenvalue weighted by molar-refractivity contribution is 0.193. The Bertz CT molecular complexity index is 388. The van der Waals surface area contributed by atoms with E-state index in [1.165, 1.54) is 116 Å². The predicted molar refractivity (Wildman–Crippen MR) is 140 cm³/mol. The van der Waals surface area contributed by atoms with Gasteiger partial charge in [0.1, 0.15) is 0 Å². The van der Waals surface area contributed by atoms with Crippen molar-refractivity contribution in [1.29, 1.82) is 0 Å². The molecule has 0 aromatic carbocycles. The van der Waals surface area contributed by atoms with E-state index < -0.39 is 7.82 Å². The second-order valence-electron chi connectivity index (χ2n) is 9.49. The molecule has 0 radical (unpaired) electrons. The van der Waals surface area contributed by atoms with Crippen molar-refractivity contribution >= 4 is 7.82 Å². The molecule has 5 nitrogen and oxygen atoms in total. The Hall–Kier alpha value is 0.0700. The lowest BCUT2D eigenvalue weighted by atomic mass is 10.1. The molecule has 0 amide bonds. The van der Waals surface area contributed by atoms with Crippen molar-refractivity contribution in [2.24, 2.45) is 0 Å². The van der Waals surface area contributed by atoms with Crippen molar-refractivity contribution in [3.05, 3.63) is 0 Å². The first kappa shape index (κ1) is 34.2. The lowest BCUT2D eigenvalue weighted by Gasteiger charge is -2.08. The van der Waals surface area contributed by atoms with Gasteiger partial charge in [0, 0.05) is 0 Å². The highest BCUT2D eigenvalue weighted by atomic mass is 31.2. The molecule has 0 heterocycles. The first-order valence-electron chi connectivity index (χ1n) is 13.7. The Morgan fingerprint density at radius 2 is 0.875 bits per heavy atom. The van der Waals surface area contributed by atoms with Crippen LogP contribution < -0.4 is 0 Å². The topological polar surface area (TPSA) is 70.0 Å². The molecular formula is C26H58NO4P. The van der Waals surface area contributed by atoms with Crippen molar-refractivity contribution in [2.75, 3.05) is 27.2 Å².